The number of allylic oxidation sites excluding steroid dienone is 2. The molecule has 3 aromatic rings. The molecule has 170 valence electrons. The number of nitrogens with one attached hydrogen (secondary N) is 1. The number of anilines is 1. The molecule has 5 rings (SSSR count). The summed E-state index contributed by atoms with van der Waals surface area (Å²) < 4.78 is 13.3. The van der Waals surface area contributed by atoms with Gasteiger partial charge in [0, 0.05) is 22.7 Å². The molecule has 0 fully saturated rings. The summed E-state index contributed by atoms with van der Waals surface area (Å²) in [6, 6.07) is 12.7. The van der Waals surface area contributed by atoms with Gasteiger partial charge in [-0.2, -0.15) is 4.68 Å². The Labute approximate surface area is 196 Å². The zero-order valence-electron chi connectivity index (χ0n) is 18.6. The number of halogens is 1. The highest BCUT2D eigenvalue weighted by atomic mass is 35.5. The van der Waals surface area contributed by atoms with Crippen LogP contribution >= 0.6 is 11.6 Å². The van der Waals surface area contributed by atoms with E-state index >= 15 is 0 Å². The van der Waals surface area contributed by atoms with Crippen molar-refractivity contribution in [1.82, 2.24) is 20.2 Å². The van der Waals surface area contributed by atoms with Gasteiger partial charge in [0.05, 0.1) is 7.11 Å². The van der Waals surface area contributed by atoms with Crippen molar-refractivity contribution < 1.29 is 14.3 Å². The maximum absolute atomic E-state index is 13.2. The minimum atomic E-state index is -0.436. The van der Waals surface area contributed by atoms with Crippen molar-refractivity contribution >= 4 is 23.3 Å². The summed E-state index contributed by atoms with van der Waals surface area (Å²) in [6.07, 6.45) is 1.22. The van der Waals surface area contributed by atoms with Crippen LogP contribution in [0, 0.1) is 5.41 Å². The number of benzene rings is 2. The number of methoxy groups -OCH3 is 1. The second-order valence-corrected chi connectivity index (χ2v) is 9.57. The Morgan fingerprint density at radius 2 is 1.94 bits per heavy atom. The fourth-order valence-electron chi connectivity index (χ4n) is 4.49. The molecule has 1 aliphatic heterocycles. The molecule has 2 aromatic carbocycles. The molecule has 33 heavy (non-hydrogen) atoms. The molecule has 2 heterocycles. The van der Waals surface area contributed by atoms with Crippen molar-refractivity contribution in [2.75, 3.05) is 12.4 Å². The number of ether oxygens (including phenoxy) is 2. The number of carbonyl (C=O) groups excluding carboxylic acids is 1. The summed E-state index contributed by atoms with van der Waals surface area (Å²) in [6.45, 7) is 4.57. The Morgan fingerprint density at radius 1 is 1.15 bits per heavy atom. The van der Waals surface area contributed by atoms with Gasteiger partial charge in [-0.05, 0) is 57.7 Å². The quantitative estimate of drug-likeness (QED) is 0.590. The van der Waals surface area contributed by atoms with E-state index in [0.717, 1.165) is 23.2 Å². The van der Waals surface area contributed by atoms with Crippen molar-refractivity contribution in [3.8, 4) is 11.5 Å². The van der Waals surface area contributed by atoms with Gasteiger partial charge < -0.3 is 14.8 Å². The number of tetrazole rings is 1. The largest absolute Gasteiger partial charge is 0.493 e. The monoisotopic (exact) mass is 465 g/mol. The SMILES string of the molecule is COc1cc(C2C3=C(CC(C)(C)CC3=O)Nc3nnnn32)ccc1OCc1ccc(Cl)cc1. The highest BCUT2D eigenvalue weighted by molar-refractivity contribution is 6.30. The first-order chi connectivity index (χ1) is 15.8. The van der Waals surface area contributed by atoms with Crippen molar-refractivity contribution in [3.05, 3.63) is 69.9 Å². The lowest BCUT2D eigenvalue weighted by atomic mass is 9.73. The molecular weight excluding hydrogens is 442 g/mol. The number of ketones is 1. The van der Waals surface area contributed by atoms with Crippen LogP contribution in [-0.4, -0.2) is 33.1 Å². The van der Waals surface area contributed by atoms with Crippen LogP contribution < -0.4 is 14.8 Å². The van der Waals surface area contributed by atoms with E-state index in [0.29, 0.717) is 41.1 Å². The van der Waals surface area contributed by atoms with E-state index in [1.807, 2.05) is 42.5 Å². The smallest absolute Gasteiger partial charge is 0.248 e. The van der Waals surface area contributed by atoms with E-state index in [4.69, 9.17) is 21.1 Å². The van der Waals surface area contributed by atoms with Gasteiger partial charge in [-0.3, -0.25) is 4.79 Å². The number of nitrogens with zero attached hydrogens (tertiary/aromatic N) is 4. The standard InChI is InChI=1S/C24H24ClN5O3/c1-24(2)11-17-21(18(31)12-24)22(30-23(26-17)27-28-29-30)15-6-9-19(20(10-15)32-3)33-13-14-4-7-16(25)8-5-14/h4-10,22H,11-13H2,1-3H3,(H,26,27,29). The molecule has 1 aliphatic carbocycles. The predicted octanol–water partition coefficient (Wildman–Crippen LogP) is 4.57. The van der Waals surface area contributed by atoms with Gasteiger partial charge in [0.15, 0.2) is 17.3 Å². The van der Waals surface area contributed by atoms with Crippen molar-refractivity contribution in [2.45, 2.75) is 39.3 Å². The van der Waals surface area contributed by atoms with Gasteiger partial charge in [-0.1, -0.05) is 48.7 Å². The van der Waals surface area contributed by atoms with Crippen molar-refractivity contribution in [1.29, 1.82) is 0 Å². The van der Waals surface area contributed by atoms with Crippen LogP contribution in [-0.2, 0) is 11.4 Å². The molecule has 0 radical (unpaired) electrons. The maximum atomic E-state index is 13.2. The summed E-state index contributed by atoms with van der Waals surface area (Å²) in [4.78, 5) is 13.2. The highest BCUT2D eigenvalue weighted by Gasteiger charge is 2.42. The van der Waals surface area contributed by atoms with Crippen LogP contribution in [0.1, 0.15) is 43.9 Å². The van der Waals surface area contributed by atoms with Gasteiger partial charge in [0.1, 0.15) is 12.6 Å². The fourth-order valence-corrected chi connectivity index (χ4v) is 4.62. The Kier molecular flexibility index (Phi) is 5.32. The lowest BCUT2D eigenvalue weighted by Crippen LogP contribution is -2.36. The number of fused-ring (bicyclic) bond motifs is 1. The van der Waals surface area contributed by atoms with Gasteiger partial charge in [-0.25, -0.2) is 0 Å². The molecule has 1 atom stereocenters. The molecule has 1 aromatic heterocycles. The van der Waals surface area contributed by atoms with Gasteiger partial charge in [0.2, 0.25) is 5.95 Å². The number of hydrogen-bond acceptors (Lipinski definition) is 7. The lowest BCUT2D eigenvalue weighted by molar-refractivity contribution is -0.118. The van der Waals surface area contributed by atoms with Crippen molar-refractivity contribution in [3.63, 3.8) is 0 Å². The molecule has 0 bridgehead atoms. The average Bonchev–Trinajstić information content (AvgIpc) is 3.24. The minimum absolute atomic E-state index is 0.0990. The molecule has 0 saturated heterocycles. The summed E-state index contributed by atoms with van der Waals surface area (Å²) in [5, 5.41) is 16.0. The van der Waals surface area contributed by atoms with Gasteiger partial charge in [-0.15, -0.1) is 0 Å². The third kappa shape index (κ3) is 4.06. The first-order valence-electron chi connectivity index (χ1n) is 10.7. The Bertz CT molecular complexity index is 1250. The summed E-state index contributed by atoms with van der Waals surface area (Å²) in [5.74, 6) is 1.79. The van der Waals surface area contributed by atoms with E-state index in [2.05, 4.69) is 34.7 Å². The molecule has 8 nitrogen and oxygen atoms in total. The van der Waals surface area contributed by atoms with E-state index in [-0.39, 0.29) is 11.2 Å². The van der Waals surface area contributed by atoms with E-state index in [1.54, 1.807) is 11.8 Å². The lowest BCUT2D eigenvalue weighted by Gasteiger charge is -2.37. The Morgan fingerprint density at radius 3 is 2.70 bits per heavy atom. The number of Topliss-reactive ketones (excluding diaryl/α,β-unsaturated/α-hetero) is 1. The van der Waals surface area contributed by atoms with Crippen LogP contribution in [0.2, 0.25) is 5.02 Å². The van der Waals surface area contributed by atoms with Crippen LogP contribution in [0.5, 0.6) is 11.5 Å². The number of carbonyl (C=O) groups is 1. The first kappa shape index (κ1) is 21.5. The Balaban J connectivity index is 1.49. The first-order valence-corrected chi connectivity index (χ1v) is 11.1. The summed E-state index contributed by atoms with van der Waals surface area (Å²) in [5.41, 5.74) is 3.30. The molecule has 1 N–H and O–H groups in total. The van der Waals surface area contributed by atoms with Crippen LogP contribution in [0.15, 0.2) is 53.7 Å². The molecule has 0 spiro atoms. The third-order valence-corrected chi connectivity index (χ3v) is 6.26. The molecule has 0 saturated carbocycles. The molecule has 1 unspecified atom stereocenters. The van der Waals surface area contributed by atoms with Crippen LogP contribution in [0.4, 0.5) is 5.95 Å². The number of rotatable bonds is 5. The van der Waals surface area contributed by atoms with Crippen LogP contribution in [0.25, 0.3) is 0 Å². The van der Waals surface area contributed by atoms with Crippen LogP contribution in [0.3, 0.4) is 0 Å². The molecule has 2 aliphatic rings. The van der Waals surface area contributed by atoms with Gasteiger partial charge >= 0.3 is 0 Å². The highest BCUT2D eigenvalue weighted by Crippen LogP contribution is 2.46. The second kappa shape index (κ2) is 8.19. The van der Waals surface area contributed by atoms with Gasteiger partial charge in [0.25, 0.3) is 0 Å². The predicted molar refractivity (Wildman–Crippen MR) is 123 cm³/mol. The zero-order valence-corrected chi connectivity index (χ0v) is 19.4. The van der Waals surface area contributed by atoms with Crippen molar-refractivity contribution in [2.24, 2.45) is 5.41 Å². The summed E-state index contributed by atoms with van der Waals surface area (Å²) >= 11 is 5.96. The second-order valence-electron chi connectivity index (χ2n) is 9.13. The summed E-state index contributed by atoms with van der Waals surface area (Å²) in [7, 11) is 1.60. The number of aromatic nitrogens is 4. The molecule has 9 heteroatoms. The molecule has 0 amide bonds. The zero-order chi connectivity index (χ0) is 23.2. The molecular formula is C24H24ClN5O3. The number of hydrogen-bond donors (Lipinski definition) is 1. The minimum Gasteiger partial charge on any atom is -0.493 e. The third-order valence-electron chi connectivity index (χ3n) is 6.00. The topological polar surface area (TPSA) is 91.2 Å². The van der Waals surface area contributed by atoms with E-state index in [1.165, 1.54) is 0 Å². The Hall–Kier alpha value is -3.39. The fraction of sp³-hybridized carbons (Fsp3) is 0.333. The maximum Gasteiger partial charge on any atom is 0.248 e. The van der Waals surface area contributed by atoms with E-state index in [9.17, 15) is 4.79 Å². The average molecular weight is 466 g/mol. The normalized spacial score (nSPS) is 18.9. The van der Waals surface area contributed by atoms with E-state index < -0.39 is 6.04 Å².